The Balaban J connectivity index is 0.941. The van der Waals surface area contributed by atoms with E-state index >= 15 is 0 Å². The van der Waals surface area contributed by atoms with Gasteiger partial charge in [-0.2, -0.15) is 0 Å². The highest BCUT2D eigenvalue weighted by Gasteiger charge is 2.35. The molecule has 5 heteroatoms. The van der Waals surface area contributed by atoms with Crippen LogP contribution in [0.15, 0.2) is 303 Å². The number of aryl methyl sites for hydroxylation is 1. The molecule has 5 nitrogen and oxygen atoms in total. The molecule has 13 aromatic rings. The fraction of sp³-hybridized carbons (Fsp3) is 0.115. The van der Waals surface area contributed by atoms with Gasteiger partial charge in [-0.3, -0.25) is 4.90 Å². The van der Waals surface area contributed by atoms with Gasteiger partial charge in [0.1, 0.15) is 12.5 Å². The van der Waals surface area contributed by atoms with Crippen LogP contribution in [0.1, 0.15) is 69.2 Å². The minimum Gasteiger partial charge on any atom is -0.321 e. The van der Waals surface area contributed by atoms with Crippen LogP contribution in [0.2, 0.25) is 0 Å². The number of pyridine rings is 1. The summed E-state index contributed by atoms with van der Waals surface area (Å²) in [5.41, 5.74) is 21.1. The molecule has 0 saturated heterocycles. The highest BCUT2D eigenvalue weighted by Crippen LogP contribution is 2.55. The molecule has 0 unspecified atom stereocenters. The summed E-state index contributed by atoms with van der Waals surface area (Å²) in [6.07, 6.45) is 1.71. The van der Waals surface area contributed by atoms with Crippen LogP contribution in [0.4, 0.5) is 57.0 Å². The van der Waals surface area contributed by atoms with Gasteiger partial charge < -0.3 is 14.7 Å². The fourth-order valence-corrected chi connectivity index (χ4v) is 13.2. The summed E-state index contributed by atoms with van der Waals surface area (Å²) in [4.78, 5) is 14.3. The fourth-order valence-electron chi connectivity index (χ4n) is 13.2. The molecule has 0 N–H and O–H groups in total. The number of para-hydroxylation sites is 4. The number of anilines is 10. The molecule has 3 heterocycles. The van der Waals surface area contributed by atoms with E-state index in [4.69, 9.17) is 13.2 Å². The van der Waals surface area contributed by atoms with Crippen LogP contribution in [0.3, 0.4) is 0 Å². The third-order valence-corrected chi connectivity index (χ3v) is 17.9. The van der Waals surface area contributed by atoms with Crippen molar-refractivity contribution in [3.8, 4) is 77.9 Å². The van der Waals surface area contributed by atoms with E-state index < -0.39 is 25.0 Å². The summed E-state index contributed by atoms with van der Waals surface area (Å²) >= 11 is 0. The molecule has 0 amide bonds. The summed E-state index contributed by atoms with van der Waals surface area (Å²) in [6.45, 7) is 11.1. The highest BCUT2D eigenvalue weighted by molar-refractivity contribution is 6.05. The molecule has 0 radical (unpaired) electrons. The van der Waals surface area contributed by atoms with E-state index in [0.29, 0.717) is 22.6 Å². The lowest BCUT2D eigenvalue weighted by Gasteiger charge is -2.32. The molecule has 0 fully saturated rings. The molecule has 15 rings (SSSR count). The first-order chi connectivity index (χ1) is 48.1. The Kier molecular flexibility index (Phi) is 12.4. The maximum absolute atomic E-state index is 9.54. The largest absolute Gasteiger partial charge is 0.321 e. The smallest absolute Gasteiger partial charge is 0.137 e. The van der Waals surface area contributed by atoms with Gasteiger partial charge in [0.25, 0.3) is 0 Å². The van der Waals surface area contributed by atoms with Gasteiger partial charge >= 0.3 is 0 Å². The molecule has 92 heavy (non-hydrogen) atoms. The van der Waals surface area contributed by atoms with Gasteiger partial charge in [0.05, 0.1) is 35.3 Å². The van der Waals surface area contributed by atoms with Crippen molar-refractivity contribution in [2.75, 3.05) is 26.3 Å². The third kappa shape index (κ3) is 10.7. The van der Waals surface area contributed by atoms with Crippen LogP contribution in [0, 0.1) is 6.85 Å². The van der Waals surface area contributed by atoms with E-state index in [-0.39, 0.29) is 40.7 Å². The molecule has 446 valence electrons. The van der Waals surface area contributed by atoms with Crippen LogP contribution in [-0.2, 0) is 10.8 Å². The predicted molar refractivity (Wildman–Crippen MR) is 389 cm³/mol. The second kappa shape index (κ2) is 23.4. The molecule has 0 saturated carbocycles. The van der Waals surface area contributed by atoms with E-state index in [0.717, 1.165) is 118 Å². The summed E-state index contributed by atoms with van der Waals surface area (Å²) in [5, 5.41) is 0. The predicted octanol–water partition coefficient (Wildman–Crippen LogP) is 24.2. The highest BCUT2D eigenvalue weighted by atomic mass is 15.4. The molecular weight excluding hydrogens is 1110 g/mol. The monoisotopic (exact) mass is 1200 g/mol. The van der Waals surface area contributed by atoms with Gasteiger partial charge in [0.15, 0.2) is 0 Å². The van der Waals surface area contributed by atoms with E-state index in [1.807, 2.05) is 97.1 Å². The first-order valence-corrected chi connectivity index (χ1v) is 31.4. The van der Waals surface area contributed by atoms with Crippen molar-refractivity contribution in [1.82, 2.24) is 4.98 Å². The normalized spacial score (nSPS) is 14.0. The average molecular weight is 1200 g/mol. The Hall–Kier alpha value is -11.0. The van der Waals surface area contributed by atoms with Crippen molar-refractivity contribution >= 4 is 57.0 Å². The zero-order valence-electron chi connectivity index (χ0n) is 60.4. The van der Waals surface area contributed by atoms with E-state index in [9.17, 15) is 2.74 Å². The van der Waals surface area contributed by atoms with Crippen molar-refractivity contribution in [3.63, 3.8) is 0 Å². The third-order valence-electron chi connectivity index (χ3n) is 17.9. The number of aromatic nitrogens is 1. The first kappa shape index (κ1) is 48.9. The van der Waals surface area contributed by atoms with Crippen molar-refractivity contribution < 1.29 is 11.0 Å². The van der Waals surface area contributed by atoms with Crippen molar-refractivity contribution in [3.05, 3.63) is 320 Å². The molecule has 0 bridgehead atoms. The second-order valence-corrected chi connectivity index (χ2v) is 25.9. The minimum absolute atomic E-state index is 0.116. The van der Waals surface area contributed by atoms with Crippen LogP contribution in [0.25, 0.3) is 77.9 Å². The van der Waals surface area contributed by atoms with Crippen LogP contribution < -0.4 is 19.6 Å². The van der Waals surface area contributed by atoms with Crippen LogP contribution >= 0.6 is 0 Å². The number of nitrogens with zero attached hydrogens (tertiary/aromatic N) is 5. The molecule has 0 spiro atoms. The number of benzene rings is 12. The van der Waals surface area contributed by atoms with Crippen molar-refractivity contribution in [2.45, 2.75) is 59.2 Å². The summed E-state index contributed by atoms with van der Waals surface area (Å²) in [5.74, 6) is 0.445. The summed E-state index contributed by atoms with van der Waals surface area (Å²) in [6, 6.07) is 89.9. The number of rotatable bonds is 11. The molecule has 2 aliphatic rings. The van der Waals surface area contributed by atoms with E-state index in [1.165, 1.54) is 0 Å². The Morgan fingerprint density at radius 1 is 0.370 bits per heavy atom. The lowest BCUT2D eigenvalue weighted by molar-refractivity contribution is 0.590. The Bertz CT molecular complexity index is 5290. The van der Waals surface area contributed by atoms with Crippen LogP contribution in [0.5, 0.6) is 0 Å². The van der Waals surface area contributed by atoms with Gasteiger partial charge in [-0.15, -0.1) is 0 Å². The van der Waals surface area contributed by atoms with Gasteiger partial charge in [-0.05, 0) is 163 Å². The topological polar surface area (TPSA) is 25.9 Å². The lowest BCUT2D eigenvalue weighted by atomic mass is 9.82. The molecular formula is C87H73N5. The molecule has 0 atom stereocenters. The Labute approximate surface area is 553 Å². The van der Waals surface area contributed by atoms with Gasteiger partial charge in [-0.25, -0.2) is 4.98 Å². The number of hydrogen-bond acceptors (Lipinski definition) is 5. The zero-order valence-corrected chi connectivity index (χ0v) is 52.4. The lowest BCUT2D eigenvalue weighted by Crippen LogP contribution is -2.26. The van der Waals surface area contributed by atoms with Gasteiger partial charge in [0.2, 0.25) is 0 Å². The average Bonchev–Trinajstić information content (AvgIpc) is 1.51. The van der Waals surface area contributed by atoms with Crippen molar-refractivity contribution in [1.29, 1.82) is 0 Å². The van der Waals surface area contributed by atoms with E-state index in [1.54, 1.807) is 12.3 Å². The second-order valence-electron chi connectivity index (χ2n) is 25.9. The van der Waals surface area contributed by atoms with Crippen molar-refractivity contribution in [2.24, 2.45) is 0 Å². The SMILES string of the molecule is [2H]c1c([2H])c([2H])c(-c2cccc(-c3cc(-c4ccccc4)cc(C(C)(C)C)c3)c2N2CN(c3cc(N(c4ccccc4)c4ccc5c(c4)N(c4cc(C([2H])([2H])[2H])c(-c6ccccc6)cn4)c4ccc(-c6ccccc6)cc4-c4ccccc4-5)cc(C(C)(C)C)c3)c3ccccc32)c([2H])c1[2H]. The standard InChI is InChI=1S/C87H73N5/c1-59-48-84(88-57-79(59)63-34-19-11-20-35-63)92-80-47-44-64(60-28-13-8-14-29-60)52-78(80)76-39-24-23-38-75(76)77-46-45-70(56-83(77)92)91(69-36-21-12-22-37-69)72-54-68(87(5,6)7)53-71(55-72)89-58-90(82-43-26-25-42-81(82)89)85-73(62-32-17-10-18-33-62)40-27-41-74(85)66-49-65(61-30-15-9-16-31-61)50-67(51-66)86(2,3)4/h8-57H,58H2,1-7H3/i1D3,10D,17D,18D,32D,33D. The van der Waals surface area contributed by atoms with E-state index in [2.05, 4.69) is 225 Å². The van der Waals surface area contributed by atoms with Crippen LogP contribution in [-0.4, -0.2) is 11.7 Å². The Morgan fingerprint density at radius 3 is 1.62 bits per heavy atom. The molecule has 0 aliphatic carbocycles. The molecule has 1 aromatic heterocycles. The van der Waals surface area contributed by atoms with Gasteiger partial charge in [0, 0.05) is 60.9 Å². The quantitative estimate of drug-likeness (QED) is 0.129. The zero-order chi connectivity index (χ0) is 69.5. The molecule has 2 aliphatic heterocycles. The maximum Gasteiger partial charge on any atom is 0.137 e. The minimum atomic E-state index is -2.50. The number of hydrogen-bond donors (Lipinski definition) is 0. The Morgan fingerprint density at radius 2 is 0.946 bits per heavy atom. The molecule has 12 aromatic carbocycles. The summed E-state index contributed by atoms with van der Waals surface area (Å²) < 4.78 is 73.1. The summed E-state index contributed by atoms with van der Waals surface area (Å²) in [7, 11) is 0. The maximum atomic E-state index is 9.54. The first-order valence-electron chi connectivity index (χ1n) is 35.4. The number of fused-ring (bicyclic) bond motifs is 6. The van der Waals surface area contributed by atoms with Gasteiger partial charge in [-0.1, -0.05) is 260 Å².